The van der Waals surface area contributed by atoms with Crippen LogP contribution in [0.1, 0.15) is 24.2 Å². The molecule has 6 nitrogen and oxygen atoms in total. The first-order valence-electron chi connectivity index (χ1n) is 5.75. The first kappa shape index (κ1) is 12.8. The third-order valence-electron chi connectivity index (χ3n) is 2.63. The molecule has 6 heteroatoms. The lowest BCUT2D eigenvalue weighted by Gasteiger charge is -2.17. The van der Waals surface area contributed by atoms with Gasteiger partial charge in [-0.2, -0.15) is 0 Å². The molecule has 1 saturated heterocycles. The molecule has 2 heterocycles. The Balaban J connectivity index is 1.90. The van der Waals surface area contributed by atoms with E-state index in [0.29, 0.717) is 13.2 Å². The van der Waals surface area contributed by atoms with Gasteiger partial charge in [-0.15, -0.1) is 0 Å². The summed E-state index contributed by atoms with van der Waals surface area (Å²) in [5.74, 6) is -1.02. The molecule has 2 N–H and O–H groups in total. The number of aromatic nitrogens is 1. The first-order valence-corrected chi connectivity index (χ1v) is 5.75. The molecule has 0 aromatic carbocycles. The quantitative estimate of drug-likeness (QED) is 0.808. The number of aromatic amines is 1. The van der Waals surface area contributed by atoms with Gasteiger partial charge in [-0.1, -0.05) is 0 Å². The van der Waals surface area contributed by atoms with Crippen LogP contribution in [0.25, 0.3) is 0 Å². The Morgan fingerprint density at radius 2 is 2.39 bits per heavy atom. The van der Waals surface area contributed by atoms with E-state index in [4.69, 9.17) is 9.47 Å². The maximum atomic E-state index is 11.8. The topological polar surface area (TPSA) is 80.4 Å². The molecule has 1 aliphatic rings. The highest BCUT2D eigenvalue weighted by atomic mass is 16.7. The van der Waals surface area contributed by atoms with Crippen LogP contribution in [0.3, 0.4) is 0 Å². The molecule has 0 bridgehead atoms. The molecule has 0 aliphatic carbocycles. The van der Waals surface area contributed by atoms with Crippen LogP contribution in [0.15, 0.2) is 23.3 Å². The highest BCUT2D eigenvalue weighted by molar-refractivity contribution is 5.93. The van der Waals surface area contributed by atoms with Crippen LogP contribution >= 0.6 is 0 Å². The van der Waals surface area contributed by atoms with E-state index in [2.05, 4.69) is 10.3 Å². The molecule has 1 amide bonds. The Labute approximate surface area is 104 Å². The van der Waals surface area contributed by atoms with Gasteiger partial charge in [-0.05, 0) is 13.8 Å². The van der Waals surface area contributed by atoms with Crippen molar-refractivity contribution in [3.05, 3.63) is 34.2 Å². The van der Waals surface area contributed by atoms with Gasteiger partial charge in [-0.3, -0.25) is 9.59 Å². The maximum Gasteiger partial charge on any atom is 0.256 e. The van der Waals surface area contributed by atoms with Crippen molar-refractivity contribution in [2.75, 3.05) is 13.2 Å². The van der Waals surface area contributed by atoms with Crippen LogP contribution < -0.4 is 10.7 Å². The number of carbonyl (C=O) groups excluding carboxylic acids is 1. The number of nitrogens with one attached hydrogen (secondary N) is 2. The largest absolute Gasteiger partial charge is 0.367 e. The average molecular weight is 252 g/mol. The van der Waals surface area contributed by atoms with Crippen LogP contribution in [-0.4, -0.2) is 35.9 Å². The van der Waals surface area contributed by atoms with E-state index in [1.807, 2.05) is 13.8 Å². The van der Waals surface area contributed by atoms with Crippen molar-refractivity contribution in [1.82, 2.24) is 10.3 Å². The second-order valence-electron chi connectivity index (χ2n) is 4.58. The van der Waals surface area contributed by atoms with Gasteiger partial charge in [0.15, 0.2) is 11.2 Å². The van der Waals surface area contributed by atoms with E-state index in [1.54, 1.807) is 0 Å². The van der Waals surface area contributed by atoms with Gasteiger partial charge < -0.3 is 19.8 Å². The van der Waals surface area contributed by atoms with Crippen molar-refractivity contribution in [3.8, 4) is 0 Å². The van der Waals surface area contributed by atoms with Gasteiger partial charge in [0.2, 0.25) is 0 Å². The normalized spacial score (nSPS) is 21.8. The van der Waals surface area contributed by atoms with E-state index in [9.17, 15) is 9.59 Å². The van der Waals surface area contributed by atoms with Crippen LogP contribution in [0.4, 0.5) is 0 Å². The molecule has 1 aromatic rings. The zero-order valence-corrected chi connectivity index (χ0v) is 10.4. The second kappa shape index (κ2) is 4.91. The SMILES string of the molecule is CC1(C)OCC(CNC(=O)c2c[nH]ccc2=O)O1. The van der Waals surface area contributed by atoms with E-state index in [0.717, 1.165) is 0 Å². The maximum absolute atomic E-state index is 11.8. The number of pyridine rings is 1. The summed E-state index contributed by atoms with van der Waals surface area (Å²) in [6.07, 6.45) is 2.68. The molecule has 0 spiro atoms. The minimum absolute atomic E-state index is 0.0932. The number of hydrogen-bond acceptors (Lipinski definition) is 4. The Kier molecular flexibility index (Phi) is 3.49. The fourth-order valence-electron chi connectivity index (χ4n) is 1.76. The van der Waals surface area contributed by atoms with Crippen LogP contribution in [0, 0.1) is 0 Å². The lowest BCUT2D eigenvalue weighted by molar-refractivity contribution is -0.137. The standard InChI is InChI=1S/C12H16N2O4/c1-12(2)17-7-8(18-12)5-14-11(16)9-6-13-4-3-10(9)15/h3-4,6,8H,5,7H2,1-2H3,(H,13,15)(H,14,16). The molecular formula is C12H16N2O4. The summed E-state index contributed by atoms with van der Waals surface area (Å²) in [7, 11) is 0. The van der Waals surface area contributed by atoms with E-state index in [-0.39, 0.29) is 17.1 Å². The summed E-state index contributed by atoms with van der Waals surface area (Å²) in [5, 5.41) is 2.66. The molecular weight excluding hydrogens is 236 g/mol. The van der Waals surface area contributed by atoms with E-state index < -0.39 is 11.7 Å². The fourth-order valence-corrected chi connectivity index (χ4v) is 1.76. The van der Waals surface area contributed by atoms with Gasteiger partial charge >= 0.3 is 0 Å². The Hall–Kier alpha value is -1.66. The van der Waals surface area contributed by atoms with E-state index in [1.165, 1.54) is 18.5 Å². The fraction of sp³-hybridized carbons (Fsp3) is 0.500. The van der Waals surface area contributed by atoms with Crippen molar-refractivity contribution in [2.45, 2.75) is 25.7 Å². The third-order valence-corrected chi connectivity index (χ3v) is 2.63. The predicted molar refractivity (Wildman–Crippen MR) is 64.3 cm³/mol. The van der Waals surface area contributed by atoms with E-state index >= 15 is 0 Å². The summed E-state index contributed by atoms with van der Waals surface area (Å²) < 4.78 is 10.9. The second-order valence-corrected chi connectivity index (χ2v) is 4.58. The minimum atomic E-state index is -0.611. The molecule has 18 heavy (non-hydrogen) atoms. The van der Waals surface area contributed by atoms with Gasteiger partial charge in [0, 0.05) is 25.0 Å². The molecule has 1 aliphatic heterocycles. The highest BCUT2D eigenvalue weighted by Crippen LogP contribution is 2.21. The number of amides is 1. The zero-order chi connectivity index (χ0) is 13.2. The van der Waals surface area contributed by atoms with Gasteiger partial charge in [0.05, 0.1) is 6.61 Å². The number of hydrogen-bond donors (Lipinski definition) is 2. The van der Waals surface area contributed by atoms with Crippen molar-refractivity contribution in [1.29, 1.82) is 0 Å². The molecule has 1 unspecified atom stereocenters. The number of H-pyrrole nitrogens is 1. The number of rotatable bonds is 3. The molecule has 1 atom stereocenters. The number of ether oxygens (including phenoxy) is 2. The molecule has 2 rings (SSSR count). The van der Waals surface area contributed by atoms with Crippen LogP contribution in [0.2, 0.25) is 0 Å². The van der Waals surface area contributed by atoms with Gasteiger partial charge in [0.1, 0.15) is 11.7 Å². The van der Waals surface area contributed by atoms with Crippen molar-refractivity contribution in [2.24, 2.45) is 0 Å². The molecule has 0 radical (unpaired) electrons. The Bertz CT molecular complexity index is 495. The molecule has 0 saturated carbocycles. The Morgan fingerprint density at radius 3 is 3.00 bits per heavy atom. The summed E-state index contributed by atoms with van der Waals surface area (Å²) in [6, 6.07) is 1.31. The molecule has 1 fully saturated rings. The predicted octanol–water partition coefficient (Wildman–Crippen LogP) is 0.256. The minimum Gasteiger partial charge on any atom is -0.367 e. The zero-order valence-electron chi connectivity index (χ0n) is 10.4. The lowest BCUT2D eigenvalue weighted by atomic mass is 10.2. The molecule has 1 aromatic heterocycles. The van der Waals surface area contributed by atoms with Gasteiger partial charge in [0.25, 0.3) is 5.91 Å². The lowest BCUT2D eigenvalue weighted by Crippen LogP contribution is -2.36. The van der Waals surface area contributed by atoms with Crippen molar-refractivity contribution >= 4 is 5.91 Å². The number of carbonyl (C=O) groups is 1. The van der Waals surface area contributed by atoms with Crippen LogP contribution in [-0.2, 0) is 9.47 Å². The smallest absolute Gasteiger partial charge is 0.256 e. The van der Waals surface area contributed by atoms with Crippen LogP contribution in [0.5, 0.6) is 0 Å². The summed E-state index contributed by atoms with van der Waals surface area (Å²) >= 11 is 0. The average Bonchev–Trinajstić information content (AvgIpc) is 2.66. The Morgan fingerprint density at radius 1 is 1.61 bits per heavy atom. The highest BCUT2D eigenvalue weighted by Gasteiger charge is 2.32. The third kappa shape index (κ3) is 2.96. The first-order chi connectivity index (χ1) is 8.48. The monoisotopic (exact) mass is 252 g/mol. The van der Waals surface area contributed by atoms with Crippen molar-refractivity contribution < 1.29 is 14.3 Å². The van der Waals surface area contributed by atoms with Crippen molar-refractivity contribution in [3.63, 3.8) is 0 Å². The summed E-state index contributed by atoms with van der Waals surface area (Å²) in [4.78, 5) is 25.9. The molecule has 98 valence electrons. The summed E-state index contributed by atoms with van der Waals surface area (Å²) in [6.45, 7) is 4.38. The van der Waals surface area contributed by atoms with Gasteiger partial charge in [-0.25, -0.2) is 0 Å². The summed E-state index contributed by atoms with van der Waals surface area (Å²) in [5.41, 5.74) is -0.217.